The number of fused-ring (bicyclic) bond motifs is 1. The fraction of sp³-hybridized carbons (Fsp3) is 0.143. The minimum Gasteiger partial charge on any atom is -0.326 e. The number of benzene rings is 1. The van der Waals surface area contributed by atoms with Crippen LogP contribution < -0.4 is 5.73 Å². The maximum Gasteiger partial charge on any atom is 0.158 e. The van der Waals surface area contributed by atoms with Crippen LogP contribution in [0.2, 0.25) is 5.02 Å². The number of pyridine rings is 1. The monoisotopic (exact) mass is 272 g/mol. The van der Waals surface area contributed by atoms with Crippen molar-refractivity contribution in [3.05, 3.63) is 58.9 Å². The maximum atomic E-state index is 5.88. The molecule has 0 aliphatic carbocycles. The molecule has 3 rings (SSSR count). The van der Waals surface area contributed by atoms with E-state index in [-0.39, 0.29) is 0 Å². The molecule has 0 bridgehead atoms. The summed E-state index contributed by atoms with van der Waals surface area (Å²) in [6.07, 6.45) is 3.61. The summed E-state index contributed by atoms with van der Waals surface area (Å²) in [6, 6.07) is 9.76. The molecule has 3 aromatic rings. The molecule has 0 unspecified atom stereocenters. The van der Waals surface area contributed by atoms with Gasteiger partial charge in [-0.2, -0.15) is 5.10 Å². The molecule has 0 saturated carbocycles. The first kappa shape index (κ1) is 12.1. The van der Waals surface area contributed by atoms with Gasteiger partial charge in [-0.1, -0.05) is 23.7 Å². The van der Waals surface area contributed by atoms with Crippen molar-refractivity contribution in [2.75, 3.05) is 0 Å². The van der Waals surface area contributed by atoms with Crippen LogP contribution in [-0.4, -0.2) is 14.8 Å². The summed E-state index contributed by atoms with van der Waals surface area (Å²) in [6.45, 7) is 1.17. The molecular formula is C14H13ClN4. The number of nitrogens with zero attached hydrogens (tertiary/aromatic N) is 3. The van der Waals surface area contributed by atoms with E-state index in [9.17, 15) is 0 Å². The summed E-state index contributed by atoms with van der Waals surface area (Å²) in [5.41, 5.74) is 8.62. The molecule has 0 saturated heterocycles. The first-order chi connectivity index (χ1) is 9.26. The largest absolute Gasteiger partial charge is 0.326 e. The molecule has 0 radical (unpaired) electrons. The first-order valence-corrected chi connectivity index (χ1v) is 6.39. The van der Waals surface area contributed by atoms with E-state index >= 15 is 0 Å². The van der Waals surface area contributed by atoms with Crippen molar-refractivity contribution in [2.45, 2.75) is 13.1 Å². The summed E-state index contributed by atoms with van der Waals surface area (Å²) >= 11 is 5.88. The second-order valence-corrected chi connectivity index (χ2v) is 4.83. The van der Waals surface area contributed by atoms with Gasteiger partial charge in [-0.3, -0.25) is 0 Å². The van der Waals surface area contributed by atoms with Crippen LogP contribution in [-0.2, 0) is 13.1 Å². The molecule has 5 heteroatoms. The van der Waals surface area contributed by atoms with Gasteiger partial charge in [-0.15, -0.1) is 0 Å². The van der Waals surface area contributed by atoms with E-state index < -0.39 is 0 Å². The summed E-state index contributed by atoms with van der Waals surface area (Å²) in [4.78, 5) is 4.42. The van der Waals surface area contributed by atoms with E-state index in [1.54, 1.807) is 6.20 Å². The second kappa shape index (κ2) is 4.99. The summed E-state index contributed by atoms with van der Waals surface area (Å²) < 4.78 is 1.87. The fourth-order valence-corrected chi connectivity index (χ4v) is 2.13. The topological polar surface area (TPSA) is 56.7 Å². The molecule has 0 spiro atoms. The van der Waals surface area contributed by atoms with Crippen molar-refractivity contribution in [3.63, 3.8) is 0 Å². The summed E-state index contributed by atoms with van der Waals surface area (Å²) in [5.74, 6) is 0. The lowest BCUT2D eigenvalue weighted by Crippen LogP contribution is -2.03. The molecule has 0 aliphatic heterocycles. The van der Waals surface area contributed by atoms with Gasteiger partial charge in [-0.25, -0.2) is 9.67 Å². The Bertz CT molecular complexity index is 703. The molecule has 2 N–H and O–H groups in total. The average Bonchev–Trinajstić information content (AvgIpc) is 2.83. The lowest BCUT2D eigenvalue weighted by Gasteiger charge is -2.04. The van der Waals surface area contributed by atoms with Gasteiger partial charge in [0.25, 0.3) is 0 Å². The molecule has 2 heterocycles. The van der Waals surface area contributed by atoms with E-state index in [4.69, 9.17) is 17.3 Å². The SMILES string of the molecule is NCc1cnc2c(cnn2Cc2ccc(Cl)cc2)c1. The fourth-order valence-electron chi connectivity index (χ4n) is 2.01. The normalized spacial score (nSPS) is 11.1. The third kappa shape index (κ3) is 2.45. The minimum absolute atomic E-state index is 0.491. The van der Waals surface area contributed by atoms with E-state index in [0.29, 0.717) is 13.1 Å². The van der Waals surface area contributed by atoms with Crippen LogP contribution in [0.15, 0.2) is 42.7 Å². The van der Waals surface area contributed by atoms with Crippen LogP contribution in [0.25, 0.3) is 11.0 Å². The van der Waals surface area contributed by atoms with Crippen molar-refractivity contribution in [1.82, 2.24) is 14.8 Å². The lowest BCUT2D eigenvalue weighted by molar-refractivity contribution is 0.704. The molecule has 19 heavy (non-hydrogen) atoms. The van der Waals surface area contributed by atoms with Crippen molar-refractivity contribution < 1.29 is 0 Å². The van der Waals surface area contributed by atoms with E-state index in [1.165, 1.54) is 0 Å². The average molecular weight is 273 g/mol. The van der Waals surface area contributed by atoms with Crippen molar-refractivity contribution >= 4 is 22.6 Å². The zero-order chi connectivity index (χ0) is 13.2. The molecule has 0 atom stereocenters. The number of halogens is 1. The molecule has 0 aliphatic rings. The quantitative estimate of drug-likeness (QED) is 0.797. The third-order valence-electron chi connectivity index (χ3n) is 3.01. The number of nitrogens with two attached hydrogens (primary N) is 1. The Morgan fingerprint density at radius 2 is 1.89 bits per heavy atom. The molecule has 1 aromatic carbocycles. The second-order valence-electron chi connectivity index (χ2n) is 4.39. The van der Waals surface area contributed by atoms with Gasteiger partial charge >= 0.3 is 0 Å². The Morgan fingerprint density at radius 3 is 2.63 bits per heavy atom. The van der Waals surface area contributed by atoms with Crippen LogP contribution in [0.1, 0.15) is 11.1 Å². The predicted molar refractivity (Wildman–Crippen MR) is 76.0 cm³/mol. The number of aromatic nitrogens is 3. The molecule has 4 nitrogen and oxygen atoms in total. The highest BCUT2D eigenvalue weighted by molar-refractivity contribution is 6.30. The van der Waals surface area contributed by atoms with E-state index in [1.807, 2.05) is 41.2 Å². The molecule has 2 aromatic heterocycles. The number of rotatable bonds is 3. The highest BCUT2D eigenvalue weighted by Gasteiger charge is 2.05. The van der Waals surface area contributed by atoms with E-state index in [2.05, 4.69) is 10.1 Å². The van der Waals surface area contributed by atoms with Crippen LogP contribution >= 0.6 is 11.6 Å². The van der Waals surface area contributed by atoms with Crippen LogP contribution in [0.4, 0.5) is 0 Å². The van der Waals surface area contributed by atoms with Gasteiger partial charge in [0.2, 0.25) is 0 Å². The molecule has 96 valence electrons. The van der Waals surface area contributed by atoms with Gasteiger partial charge in [0.1, 0.15) is 0 Å². The van der Waals surface area contributed by atoms with Crippen molar-refractivity contribution in [2.24, 2.45) is 5.73 Å². The highest BCUT2D eigenvalue weighted by atomic mass is 35.5. The Labute approximate surface area is 115 Å². The molecule has 0 fully saturated rings. The summed E-state index contributed by atoms with van der Waals surface area (Å²) in [5, 5.41) is 6.12. The first-order valence-electron chi connectivity index (χ1n) is 6.01. The zero-order valence-corrected chi connectivity index (χ0v) is 11.0. The lowest BCUT2D eigenvalue weighted by atomic mass is 10.2. The molecule has 0 amide bonds. The number of hydrogen-bond donors (Lipinski definition) is 1. The zero-order valence-electron chi connectivity index (χ0n) is 10.3. The Morgan fingerprint density at radius 1 is 1.11 bits per heavy atom. The standard InChI is InChI=1S/C14H13ClN4/c15-13-3-1-10(2-4-13)9-19-14-12(8-18-19)5-11(6-16)7-17-14/h1-5,7-8H,6,9,16H2. The Balaban J connectivity index is 1.95. The van der Waals surface area contributed by atoms with Gasteiger partial charge in [0, 0.05) is 23.2 Å². The summed E-state index contributed by atoms with van der Waals surface area (Å²) in [7, 11) is 0. The smallest absolute Gasteiger partial charge is 0.158 e. The van der Waals surface area contributed by atoms with Gasteiger partial charge < -0.3 is 5.73 Å². The predicted octanol–water partition coefficient (Wildman–Crippen LogP) is 2.59. The van der Waals surface area contributed by atoms with Gasteiger partial charge in [0.15, 0.2) is 5.65 Å². The van der Waals surface area contributed by atoms with Crippen LogP contribution in [0.5, 0.6) is 0 Å². The van der Waals surface area contributed by atoms with Gasteiger partial charge in [-0.05, 0) is 29.3 Å². The third-order valence-corrected chi connectivity index (χ3v) is 3.27. The molecular weight excluding hydrogens is 260 g/mol. The van der Waals surface area contributed by atoms with Crippen LogP contribution in [0.3, 0.4) is 0 Å². The van der Waals surface area contributed by atoms with Gasteiger partial charge in [0.05, 0.1) is 12.7 Å². The number of hydrogen-bond acceptors (Lipinski definition) is 3. The van der Waals surface area contributed by atoms with Crippen molar-refractivity contribution in [1.29, 1.82) is 0 Å². The van der Waals surface area contributed by atoms with Crippen molar-refractivity contribution in [3.8, 4) is 0 Å². The highest BCUT2D eigenvalue weighted by Crippen LogP contribution is 2.15. The van der Waals surface area contributed by atoms with Crippen LogP contribution in [0, 0.1) is 0 Å². The Hall–Kier alpha value is -1.91. The Kier molecular flexibility index (Phi) is 3.19. The maximum absolute atomic E-state index is 5.88. The van der Waals surface area contributed by atoms with E-state index in [0.717, 1.165) is 27.2 Å². The minimum atomic E-state index is 0.491.